The van der Waals surface area contributed by atoms with Crippen molar-refractivity contribution >= 4 is 17.0 Å². The topological polar surface area (TPSA) is 83.4 Å². The predicted molar refractivity (Wildman–Crippen MR) is 121 cm³/mol. The molecule has 1 N–H and O–H groups in total. The Kier molecular flexibility index (Phi) is 5.66. The van der Waals surface area contributed by atoms with Gasteiger partial charge in [0.1, 0.15) is 17.3 Å². The van der Waals surface area contributed by atoms with Gasteiger partial charge in [0.2, 0.25) is 0 Å². The fourth-order valence-electron chi connectivity index (χ4n) is 6.30. The summed E-state index contributed by atoms with van der Waals surface area (Å²) in [4.78, 5) is 19.7. The molecule has 0 bridgehead atoms. The molecule has 2 saturated heterocycles. The van der Waals surface area contributed by atoms with E-state index in [-0.39, 0.29) is 33.8 Å². The lowest BCUT2D eigenvalue weighted by Crippen LogP contribution is -2.72. The van der Waals surface area contributed by atoms with Crippen molar-refractivity contribution < 1.29 is 35.3 Å². The number of urea groups is 1. The maximum Gasteiger partial charge on any atom is 0.453 e. The molecule has 2 aliphatic heterocycles. The minimum absolute atomic E-state index is 0.0568. The number of nitrogens with zero attached hydrogens (tertiary/aromatic N) is 5. The molecule has 15 heteroatoms. The van der Waals surface area contributed by atoms with Crippen LogP contribution in [0.1, 0.15) is 43.1 Å². The zero-order chi connectivity index (χ0) is 27.1. The third-order valence-electron chi connectivity index (χ3n) is 8.13. The maximum atomic E-state index is 12.9. The zero-order valence-corrected chi connectivity index (χ0v) is 20.7. The van der Waals surface area contributed by atoms with Crippen LogP contribution >= 0.6 is 0 Å². The Bertz CT molecular complexity index is 1270. The quantitative estimate of drug-likeness (QED) is 0.574. The number of hydrogen-bond acceptors (Lipinski definition) is 4. The lowest BCUT2D eigenvalue weighted by molar-refractivity contribution is -0.145. The number of benzene rings is 1. The van der Waals surface area contributed by atoms with Crippen LogP contribution in [0.25, 0.3) is 0 Å². The van der Waals surface area contributed by atoms with Gasteiger partial charge in [-0.2, -0.15) is 26.3 Å². The number of carbonyl (C=O) groups is 1. The van der Waals surface area contributed by atoms with Gasteiger partial charge in [0.15, 0.2) is 0 Å². The average Bonchev–Trinajstić information content (AvgIpc) is 3.22. The molecule has 4 fully saturated rings. The molecular formula is C23H24F6N6O2S. The van der Waals surface area contributed by atoms with Gasteiger partial charge in [-0.25, -0.2) is 23.4 Å². The molecule has 206 valence electrons. The number of amides is 2. The van der Waals surface area contributed by atoms with Crippen molar-refractivity contribution in [2.75, 3.05) is 26.2 Å². The van der Waals surface area contributed by atoms with E-state index in [0.29, 0.717) is 51.9 Å². The molecule has 1 unspecified atom stereocenters. The molecule has 3 heterocycles. The van der Waals surface area contributed by atoms with Gasteiger partial charge in [0.05, 0.1) is 16.5 Å². The molecule has 2 saturated carbocycles. The zero-order valence-electron chi connectivity index (χ0n) is 19.9. The summed E-state index contributed by atoms with van der Waals surface area (Å²) in [5.74, 6) is -1.15. The van der Waals surface area contributed by atoms with Crippen molar-refractivity contribution in [1.29, 1.82) is 0 Å². The van der Waals surface area contributed by atoms with Crippen LogP contribution in [-0.4, -0.2) is 67.0 Å². The van der Waals surface area contributed by atoms with Gasteiger partial charge in [-0.05, 0) is 43.9 Å². The number of carbonyl (C=O) groups excluding carboxylic acids is 1. The SMILES string of the molecule is O=C(N1CC2(CC(NS(=O)c3cccc(C(F)(F)F)c3)C2)C1)N1CC2(CC(n3cnc(C(F)(F)F)n3)C2)C1. The van der Waals surface area contributed by atoms with Crippen LogP contribution in [0.3, 0.4) is 0 Å². The molecule has 2 aromatic rings. The molecule has 6 rings (SSSR count). The van der Waals surface area contributed by atoms with Gasteiger partial charge in [0, 0.05) is 43.1 Å². The molecule has 38 heavy (non-hydrogen) atoms. The molecule has 2 spiro atoms. The second-order valence-corrected chi connectivity index (χ2v) is 12.4. The minimum atomic E-state index is -4.57. The van der Waals surface area contributed by atoms with E-state index in [1.54, 1.807) is 9.80 Å². The van der Waals surface area contributed by atoms with Crippen molar-refractivity contribution in [2.45, 2.75) is 55.0 Å². The van der Waals surface area contributed by atoms with Gasteiger partial charge >= 0.3 is 18.4 Å². The van der Waals surface area contributed by atoms with Crippen LogP contribution in [0.4, 0.5) is 31.1 Å². The molecule has 2 aliphatic carbocycles. The van der Waals surface area contributed by atoms with E-state index in [0.717, 1.165) is 18.5 Å². The number of nitrogens with one attached hydrogen (secondary N) is 1. The number of aromatic nitrogens is 3. The van der Waals surface area contributed by atoms with Crippen molar-refractivity contribution in [3.05, 3.63) is 42.0 Å². The first-order chi connectivity index (χ1) is 17.7. The smallest absolute Gasteiger partial charge is 0.323 e. The van der Waals surface area contributed by atoms with Crippen LogP contribution in [0.15, 0.2) is 35.5 Å². The largest absolute Gasteiger partial charge is 0.453 e. The van der Waals surface area contributed by atoms with Crippen LogP contribution in [0, 0.1) is 10.8 Å². The highest BCUT2D eigenvalue weighted by Crippen LogP contribution is 2.55. The van der Waals surface area contributed by atoms with E-state index in [2.05, 4.69) is 14.8 Å². The maximum absolute atomic E-state index is 12.9. The van der Waals surface area contributed by atoms with Crippen LogP contribution in [0.2, 0.25) is 0 Å². The number of alkyl halides is 6. The van der Waals surface area contributed by atoms with Gasteiger partial charge in [-0.1, -0.05) is 6.07 Å². The molecule has 2 amide bonds. The summed E-state index contributed by atoms with van der Waals surface area (Å²) in [6, 6.07) is 4.14. The Morgan fingerprint density at radius 1 is 0.947 bits per heavy atom. The first kappa shape index (κ1) is 25.6. The lowest BCUT2D eigenvalue weighted by atomic mass is 9.60. The third kappa shape index (κ3) is 4.46. The number of hydrogen-bond donors (Lipinski definition) is 1. The molecule has 8 nitrogen and oxygen atoms in total. The Labute approximate surface area is 216 Å². The van der Waals surface area contributed by atoms with Crippen molar-refractivity contribution in [2.24, 2.45) is 10.8 Å². The van der Waals surface area contributed by atoms with Gasteiger partial charge in [0.25, 0.3) is 5.82 Å². The van der Waals surface area contributed by atoms with Crippen molar-refractivity contribution in [3.63, 3.8) is 0 Å². The Balaban J connectivity index is 0.926. The molecule has 4 aliphatic rings. The highest BCUT2D eigenvalue weighted by atomic mass is 32.2. The molecule has 1 aromatic heterocycles. The number of halogens is 6. The Morgan fingerprint density at radius 2 is 1.55 bits per heavy atom. The van der Waals surface area contributed by atoms with E-state index in [9.17, 15) is 35.3 Å². The summed E-state index contributed by atoms with van der Waals surface area (Å²) in [5, 5.41) is 3.54. The summed E-state index contributed by atoms with van der Waals surface area (Å²) in [7, 11) is -1.76. The fourth-order valence-corrected chi connectivity index (χ4v) is 7.34. The first-order valence-corrected chi connectivity index (χ1v) is 13.3. The van der Waals surface area contributed by atoms with E-state index in [1.165, 1.54) is 16.8 Å². The van der Waals surface area contributed by atoms with E-state index in [4.69, 9.17) is 0 Å². The summed E-state index contributed by atoms with van der Waals surface area (Å²) in [6.45, 7) is 2.27. The number of rotatable bonds is 4. The Hall–Kier alpha value is -2.68. The summed E-state index contributed by atoms with van der Waals surface area (Å²) in [5.41, 5.74) is -0.979. The van der Waals surface area contributed by atoms with Gasteiger partial charge < -0.3 is 9.80 Å². The number of likely N-dealkylation sites (tertiary alicyclic amines) is 2. The van der Waals surface area contributed by atoms with E-state index in [1.807, 2.05) is 0 Å². The summed E-state index contributed by atoms with van der Waals surface area (Å²) < 4.78 is 93.5. The highest BCUT2D eigenvalue weighted by Gasteiger charge is 2.59. The van der Waals surface area contributed by atoms with E-state index >= 15 is 0 Å². The second-order valence-electron chi connectivity index (χ2n) is 11.1. The van der Waals surface area contributed by atoms with E-state index < -0.39 is 34.7 Å². The lowest BCUT2D eigenvalue weighted by Gasteiger charge is -2.63. The first-order valence-electron chi connectivity index (χ1n) is 12.1. The monoisotopic (exact) mass is 562 g/mol. The van der Waals surface area contributed by atoms with Gasteiger partial charge in [-0.15, -0.1) is 5.10 Å². The average molecular weight is 563 g/mol. The molecule has 1 atom stereocenters. The Morgan fingerprint density at radius 3 is 2.11 bits per heavy atom. The third-order valence-corrected chi connectivity index (χ3v) is 9.36. The van der Waals surface area contributed by atoms with Gasteiger partial charge in [-0.3, -0.25) is 0 Å². The predicted octanol–water partition coefficient (Wildman–Crippen LogP) is 3.85. The van der Waals surface area contributed by atoms with Crippen LogP contribution in [0.5, 0.6) is 0 Å². The molecular weight excluding hydrogens is 538 g/mol. The molecule has 1 aromatic carbocycles. The minimum Gasteiger partial charge on any atom is -0.323 e. The highest BCUT2D eigenvalue weighted by molar-refractivity contribution is 7.83. The standard InChI is InChI=1S/C23H24F6N6O2S/c24-22(25,26)14-2-1-3-17(4-14)38(37)32-15-5-20(6-15)9-33(10-20)19(36)34-11-21(12-34)7-16(8-21)35-13-30-18(31-35)23(27,28)29/h1-4,13,15-16,32H,5-12H2. The van der Waals surface area contributed by atoms with Crippen molar-refractivity contribution in [1.82, 2.24) is 29.3 Å². The van der Waals surface area contributed by atoms with Crippen molar-refractivity contribution in [3.8, 4) is 0 Å². The van der Waals surface area contributed by atoms with Crippen LogP contribution in [-0.2, 0) is 23.3 Å². The summed E-state index contributed by atoms with van der Waals surface area (Å²) >= 11 is 0. The molecule has 0 radical (unpaired) electrons. The normalized spacial score (nSPS) is 23.5. The second kappa shape index (κ2) is 8.41. The van der Waals surface area contributed by atoms with Crippen LogP contribution < -0.4 is 4.72 Å². The summed E-state index contributed by atoms with van der Waals surface area (Å²) in [6.07, 6.45) is -5.29. The fraction of sp³-hybridized carbons (Fsp3) is 0.609.